The van der Waals surface area contributed by atoms with Crippen LogP contribution in [-0.4, -0.2) is 83.4 Å². The van der Waals surface area contributed by atoms with Gasteiger partial charge in [0.15, 0.2) is 0 Å². The first-order chi connectivity index (χ1) is 16.7. The van der Waals surface area contributed by atoms with Crippen LogP contribution >= 0.6 is 0 Å². The van der Waals surface area contributed by atoms with Gasteiger partial charge in [0.2, 0.25) is 5.91 Å². The van der Waals surface area contributed by atoms with E-state index in [9.17, 15) is 14.4 Å². The smallest absolute Gasteiger partial charge is 0.255 e. The molecule has 0 bridgehead atoms. The SMILES string of the molecule is Cc1ccc(C(=O)N2CC3(C2)C(C(=O)N2CCOCC2)c2ccccc2C(=O)N3C(C)C)c(C)c1. The number of aryl methyl sites for hydroxylation is 2. The van der Waals surface area contributed by atoms with Crippen molar-refractivity contribution in [3.8, 4) is 0 Å². The summed E-state index contributed by atoms with van der Waals surface area (Å²) in [5.74, 6) is -0.640. The van der Waals surface area contributed by atoms with Gasteiger partial charge in [-0.2, -0.15) is 0 Å². The average Bonchev–Trinajstić information content (AvgIpc) is 2.82. The van der Waals surface area contributed by atoms with Crippen LogP contribution in [-0.2, 0) is 9.53 Å². The Kier molecular flexibility index (Phi) is 5.91. The number of amides is 3. The van der Waals surface area contributed by atoms with Crippen LogP contribution < -0.4 is 0 Å². The van der Waals surface area contributed by atoms with Gasteiger partial charge in [-0.05, 0) is 51.0 Å². The minimum absolute atomic E-state index is 0.0116. The molecule has 0 N–H and O–H groups in total. The second-order valence-corrected chi connectivity index (χ2v) is 10.3. The van der Waals surface area contributed by atoms with Gasteiger partial charge in [-0.25, -0.2) is 0 Å². The topological polar surface area (TPSA) is 70.2 Å². The van der Waals surface area contributed by atoms with Crippen molar-refractivity contribution in [3.05, 3.63) is 70.3 Å². The first-order valence-electron chi connectivity index (χ1n) is 12.4. The van der Waals surface area contributed by atoms with E-state index in [1.807, 2.05) is 80.0 Å². The van der Waals surface area contributed by atoms with Crippen molar-refractivity contribution in [2.75, 3.05) is 39.4 Å². The number of rotatable bonds is 3. The van der Waals surface area contributed by atoms with Crippen LogP contribution in [0.3, 0.4) is 0 Å². The number of morpholine rings is 1. The van der Waals surface area contributed by atoms with Crippen molar-refractivity contribution < 1.29 is 19.1 Å². The summed E-state index contributed by atoms with van der Waals surface area (Å²) in [6, 6.07) is 13.2. The Bertz CT molecular complexity index is 1180. The Hall–Kier alpha value is -3.19. The second-order valence-electron chi connectivity index (χ2n) is 10.3. The van der Waals surface area contributed by atoms with Crippen LogP contribution in [0.5, 0.6) is 0 Å². The molecule has 2 saturated heterocycles. The minimum Gasteiger partial charge on any atom is -0.378 e. The monoisotopic (exact) mass is 475 g/mol. The third-order valence-corrected chi connectivity index (χ3v) is 7.65. The lowest BCUT2D eigenvalue weighted by Crippen LogP contribution is -2.78. The fourth-order valence-corrected chi connectivity index (χ4v) is 6.10. The number of benzene rings is 2. The molecule has 7 heteroatoms. The zero-order chi connectivity index (χ0) is 24.9. The lowest BCUT2D eigenvalue weighted by molar-refractivity contribution is -0.146. The first-order valence-corrected chi connectivity index (χ1v) is 12.4. The third kappa shape index (κ3) is 3.73. The summed E-state index contributed by atoms with van der Waals surface area (Å²) in [5.41, 5.74) is 3.28. The summed E-state index contributed by atoms with van der Waals surface area (Å²) in [6.07, 6.45) is 0. The molecule has 2 fully saturated rings. The Balaban J connectivity index is 1.55. The summed E-state index contributed by atoms with van der Waals surface area (Å²) >= 11 is 0. The Morgan fingerprint density at radius 3 is 2.34 bits per heavy atom. The molecule has 3 heterocycles. The van der Waals surface area contributed by atoms with Crippen LogP contribution in [0.15, 0.2) is 42.5 Å². The molecule has 3 aliphatic rings. The fraction of sp³-hybridized carbons (Fsp3) is 0.464. The molecule has 35 heavy (non-hydrogen) atoms. The molecule has 0 aliphatic carbocycles. The summed E-state index contributed by atoms with van der Waals surface area (Å²) in [4.78, 5) is 46.8. The van der Waals surface area contributed by atoms with Crippen LogP contribution in [0, 0.1) is 13.8 Å². The Morgan fingerprint density at radius 2 is 1.69 bits per heavy atom. The fourth-order valence-electron chi connectivity index (χ4n) is 6.10. The number of carbonyl (C=O) groups is 3. The van der Waals surface area contributed by atoms with Gasteiger partial charge in [-0.3, -0.25) is 14.4 Å². The Morgan fingerprint density at radius 1 is 1.00 bits per heavy atom. The molecule has 1 spiro atoms. The van der Waals surface area contributed by atoms with Gasteiger partial charge >= 0.3 is 0 Å². The molecule has 184 valence electrons. The zero-order valence-corrected chi connectivity index (χ0v) is 20.9. The standard InChI is InChI=1S/C28H33N3O4/c1-18(2)31-26(33)23-8-6-5-7-22(23)24(27(34)29-11-13-35-14-12-29)28(31)16-30(17-28)25(32)21-10-9-19(3)15-20(21)4/h5-10,15,18,24H,11-14,16-17H2,1-4H3. The summed E-state index contributed by atoms with van der Waals surface area (Å²) < 4.78 is 5.48. The molecule has 2 aromatic carbocycles. The molecule has 1 unspecified atom stereocenters. The molecule has 2 aromatic rings. The Labute approximate surface area is 206 Å². The van der Waals surface area contributed by atoms with Crippen LogP contribution in [0.4, 0.5) is 0 Å². The van der Waals surface area contributed by atoms with E-state index in [2.05, 4.69) is 0 Å². The highest BCUT2D eigenvalue weighted by molar-refractivity contribution is 6.03. The van der Waals surface area contributed by atoms with Crippen molar-refractivity contribution in [1.29, 1.82) is 0 Å². The largest absolute Gasteiger partial charge is 0.378 e. The summed E-state index contributed by atoms with van der Waals surface area (Å²) in [5, 5.41) is 0. The zero-order valence-electron chi connectivity index (χ0n) is 20.9. The number of hydrogen-bond acceptors (Lipinski definition) is 4. The second kappa shape index (κ2) is 8.79. The van der Waals surface area contributed by atoms with Crippen molar-refractivity contribution in [2.24, 2.45) is 0 Å². The van der Waals surface area contributed by atoms with E-state index in [0.717, 1.165) is 16.7 Å². The third-order valence-electron chi connectivity index (χ3n) is 7.65. The molecule has 0 radical (unpaired) electrons. The number of hydrogen-bond donors (Lipinski definition) is 0. The predicted octanol–water partition coefficient (Wildman–Crippen LogP) is 3.00. The van der Waals surface area contributed by atoms with Crippen molar-refractivity contribution in [2.45, 2.75) is 45.2 Å². The highest BCUT2D eigenvalue weighted by Crippen LogP contribution is 2.48. The predicted molar refractivity (Wildman–Crippen MR) is 132 cm³/mol. The lowest BCUT2D eigenvalue weighted by Gasteiger charge is -2.62. The molecular weight excluding hydrogens is 442 g/mol. The van der Waals surface area contributed by atoms with E-state index in [0.29, 0.717) is 50.5 Å². The molecule has 3 amide bonds. The molecule has 7 nitrogen and oxygen atoms in total. The maximum absolute atomic E-state index is 14.1. The molecule has 0 saturated carbocycles. The minimum atomic E-state index is -0.775. The van der Waals surface area contributed by atoms with E-state index in [1.54, 1.807) is 4.90 Å². The van der Waals surface area contributed by atoms with E-state index in [-0.39, 0.29) is 23.8 Å². The first kappa shape index (κ1) is 23.5. The normalized spacial score (nSPS) is 21.2. The van der Waals surface area contributed by atoms with Gasteiger partial charge in [-0.15, -0.1) is 0 Å². The molecular formula is C28H33N3O4. The van der Waals surface area contributed by atoms with Gasteiger partial charge in [0.25, 0.3) is 11.8 Å². The van der Waals surface area contributed by atoms with E-state index >= 15 is 0 Å². The van der Waals surface area contributed by atoms with Crippen molar-refractivity contribution in [3.63, 3.8) is 0 Å². The molecule has 5 rings (SSSR count). The number of nitrogens with zero attached hydrogens (tertiary/aromatic N) is 3. The number of fused-ring (bicyclic) bond motifs is 1. The lowest BCUT2D eigenvalue weighted by atomic mass is 9.66. The van der Waals surface area contributed by atoms with Gasteiger partial charge in [0.1, 0.15) is 0 Å². The van der Waals surface area contributed by atoms with E-state index < -0.39 is 11.5 Å². The average molecular weight is 476 g/mol. The van der Waals surface area contributed by atoms with Crippen molar-refractivity contribution >= 4 is 17.7 Å². The van der Waals surface area contributed by atoms with E-state index in [4.69, 9.17) is 4.74 Å². The van der Waals surface area contributed by atoms with Gasteiger partial charge in [0.05, 0.1) is 24.7 Å². The van der Waals surface area contributed by atoms with E-state index in [1.165, 1.54) is 0 Å². The maximum atomic E-state index is 14.1. The molecule has 3 aliphatic heterocycles. The number of likely N-dealkylation sites (tertiary alicyclic amines) is 1. The summed E-state index contributed by atoms with van der Waals surface area (Å²) in [6.45, 7) is 10.7. The van der Waals surface area contributed by atoms with Gasteiger partial charge in [-0.1, -0.05) is 35.9 Å². The summed E-state index contributed by atoms with van der Waals surface area (Å²) in [7, 11) is 0. The highest BCUT2D eigenvalue weighted by Gasteiger charge is 2.62. The molecule has 1 atom stereocenters. The van der Waals surface area contributed by atoms with Crippen LogP contribution in [0.25, 0.3) is 0 Å². The van der Waals surface area contributed by atoms with Gasteiger partial charge in [0, 0.05) is 43.3 Å². The van der Waals surface area contributed by atoms with Gasteiger partial charge < -0.3 is 19.4 Å². The molecule has 0 aromatic heterocycles. The van der Waals surface area contributed by atoms with Crippen molar-refractivity contribution in [1.82, 2.24) is 14.7 Å². The number of carbonyl (C=O) groups excluding carboxylic acids is 3. The van der Waals surface area contributed by atoms with Crippen LogP contribution in [0.1, 0.15) is 57.2 Å². The van der Waals surface area contributed by atoms with Crippen LogP contribution in [0.2, 0.25) is 0 Å². The highest BCUT2D eigenvalue weighted by atomic mass is 16.5. The maximum Gasteiger partial charge on any atom is 0.255 e. The quantitative estimate of drug-likeness (QED) is 0.684. The number of ether oxygens (including phenoxy) is 1.